The van der Waals surface area contributed by atoms with Crippen LogP contribution in [-0.2, 0) is 28.2 Å². The standard InChI is InChI=1S/C7H7ClO6PS.C4H10/c1-12-15(9)13-14-16(10,11)7-4-2-6(8)3-5-7;1-3-4-2/h2-5H,1H3;3-4H2,1-2H3/q+1;. The highest BCUT2D eigenvalue weighted by Gasteiger charge is 2.26. The van der Waals surface area contributed by atoms with Gasteiger partial charge in [-0.2, -0.15) is 8.42 Å². The minimum Gasteiger partial charge on any atom is -0.191 e. The van der Waals surface area contributed by atoms with Gasteiger partial charge in [0, 0.05) is 9.59 Å². The second kappa shape index (κ2) is 10.2. The molecular weight excluding hydrogens is 327 g/mol. The average molecular weight is 344 g/mol. The van der Waals surface area contributed by atoms with Crippen molar-refractivity contribution >= 4 is 30.0 Å². The molecule has 0 saturated carbocycles. The number of unbranched alkanes of at least 4 members (excludes halogenated alkanes) is 1. The highest BCUT2D eigenvalue weighted by molar-refractivity contribution is 7.86. The van der Waals surface area contributed by atoms with E-state index in [1.807, 2.05) is 0 Å². The first-order valence-corrected chi connectivity index (χ1v) is 8.63. The lowest BCUT2D eigenvalue weighted by Gasteiger charge is -1.98. The quantitative estimate of drug-likeness (QED) is 0.440. The van der Waals surface area contributed by atoms with E-state index < -0.39 is 18.4 Å². The Balaban J connectivity index is 0.000000796. The normalized spacial score (nSPS) is 11.5. The number of benzene rings is 1. The van der Waals surface area contributed by atoms with E-state index in [0.717, 1.165) is 7.11 Å². The molecule has 0 spiro atoms. The van der Waals surface area contributed by atoms with Gasteiger partial charge in [0.15, 0.2) is 0 Å². The summed E-state index contributed by atoms with van der Waals surface area (Å²) in [6, 6.07) is 5.18. The van der Waals surface area contributed by atoms with Crippen LogP contribution in [0, 0.1) is 0 Å². The Morgan fingerprint density at radius 2 is 1.65 bits per heavy atom. The molecule has 1 unspecified atom stereocenters. The van der Waals surface area contributed by atoms with Crippen LogP contribution in [0.4, 0.5) is 0 Å². The number of hydrogen-bond donors (Lipinski definition) is 0. The van der Waals surface area contributed by atoms with Gasteiger partial charge >= 0.3 is 18.4 Å². The van der Waals surface area contributed by atoms with E-state index in [1.54, 1.807) is 0 Å². The lowest BCUT2D eigenvalue weighted by atomic mass is 10.4. The zero-order valence-corrected chi connectivity index (χ0v) is 13.9. The molecule has 6 nitrogen and oxygen atoms in total. The fourth-order valence-electron chi connectivity index (χ4n) is 0.736. The smallest absolute Gasteiger partial charge is 0.191 e. The van der Waals surface area contributed by atoms with Crippen molar-refractivity contribution in [2.45, 2.75) is 31.6 Å². The second-order valence-electron chi connectivity index (χ2n) is 3.46. The molecule has 0 aliphatic rings. The summed E-state index contributed by atoms with van der Waals surface area (Å²) in [7, 11) is -5.66. The minimum atomic E-state index is -4.13. The molecule has 0 N–H and O–H groups in total. The Labute approximate surface area is 125 Å². The van der Waals surface area contributed by atoms with Gasteiger partial charge in [0.1, 0.15) is 0 Å². The summed E-state index contributed by atoms with van der Waals surface area (Å²) < 4.78 is 45.6. The van der Waals surface area contributed by atoms with Crippen LogP contribution in [0.1, 0.15) is 26.7 Å². The van der Waals surface area contributed by atoms with Crippen LogP contribution >= 0.6 is 19.9 Å². The molecular formula is C11H17ClO6PS+. The summed E-state index contributed by atoms with van der Waals surface area (Å²) in [6.07, 6.45) is 2.64. The van der Waals surface area contributed by atoms with Crippen molar-refractivity contribution in [2.75, 3.05) is 7.11 Å². The third-order valence-corrected chi connectivity index (χ3v) is 3.88. The minimum absolute atomic E-state index is 0.170. The zero-order valence-electron chi connectivity index (χ0n) is 11.4. The lowest BCUT2D eigenvalue weighted by molar-refractivity contribution is -0.0962. The first-order valence-electron chi connectivity index (χ1n) is 5.75. The van der Waals surface area contributed by atoms with Gasteiger partial charge in [0.05, 0.1) is 16.7 Å². The summed E-state index contributed by atoms with van der Waals surface area (Å²) in [6.45, 7) is 4.36. The van der Waals surface area contributed by atoms with E-state index in [1.165, 1.54) is 37.1 Å². The molecule has 0 saturated heterocycles. The monoisotopic (exact) mass is 343 g/mol. The number of hydrogen-bond acceptors (Lipinski definition) is 6. The number of rotatable bonds is 6. The highest BCUT2D eigenvalue weighted by Crippen LogP contribution is 2.25. The van der Waals surface area contributed by atoms with Gasteiger partial charge in [0.25, 0.3) is 0 Å². The molecule has 0 fully saturated rings. The van der Waals surface area contributed by atoms with Gasteiger partial charge in [-0.1, -0.05) is 42.6 Å². The molecule has 0 heterocycles. The Bertz CT molecular complexity index is 500. The summed E-state index contributed by atoms with van der Waals surface area (Å²) in [5, 5.41) is 0.378. The van der Waals surface area contributed by atoms with Crippen molar-refractivity contribution in [1.29, 1.82) is 0 Å². The molecule has 114 valence electrons. The van der Waals surface area contributed by atoms with Crippen molar-refractivity contribution < 1.29 is 26.5 Å². The predicted molar refractivity (Wildman–Crippen MR) is 76.0 cm³/mol. The van der Waals surface area contributed by atoms with E-state index in [-0.39, 0.29) is 4.90 Å². The third kappa shape index (κ3) is 7.89. The van der Waals surface area contributed by atoms with Gasteiger partial charge in [-0.3, -0.25) is 0 Å². The largest absolute Gasteiger partial charge is 0.729 e. The highest BCUT2D eigenvalue weighted by atomic mass is 35.5. The Hall–Kier alpha value is -0.560. The molecule has 0 amide bonds. The van der Waals surface area contributed by atoms with Gasteiger partial charge in [-0.15, -0.1) is 4.52 Å². The number of halogens is 1. The van der Waals surface area contributed by atoms with E-state index in [2.05, 4.69) is 27.4 Å². The maximum absolute atomic E-state index is 11.4. The molecule has 1 aromatic carbocycles. The van der Waals surface area contributed by atoms with Crippen molar-refractivity contribution in [1.82, 2.24) is 0 Å². The predicted octanol–water partition coefficient (Wildman–Crippen LogP) is 4.09. The van der Waals surface area contributed by atoms with Crippen LogP contribution < -0.4 is 0 Å². The SMILES string of the molecule is CCCC.CO[P+](=O)OOS(=O)(=O)c1ccc(Cl)cc1. The maximum atomic E-state index is 11.4. The summed E-state index contributed by atoms with van der Waals surface area (Å²) in [5.74, 6) is 0. The molecule has 0 radical (unpaired) electrons. The summed E-state index contributed by atoms with van der Waals surface area (Å²) in [4.78, 5) is -0.170. The van der Waals surface area contributed by atoms with Gasteiger partial charge < -0.3 is 0 Å². The van der Waals surface area contributed by atoms with Crippen molar-refractivity contribution in [3.8, 4) is 0 Å². The Kier molecular flexibility index (Phi) is 9.92. The van der Waals surface area contributed by atoms with Gasteiger partial charge in [-0.25, -0.2) is 0 Å². The summed E-state index contributed by atoms with van der Waals surface area (Å²) >= 11 is 5.58. The molecule has 9 heteroatoms. The first-order chi connectivity index (χ1) is 9.37. The Morgan fingerprint density at radius 3 is 2.05 bits per heavy atom. The molecule has 0 aliphatic carbocycles. The molecule has 0 aliphatic heterocycles. The topological polar surface area (TPSA) is 78.9 Å². The second-order valence-corrected chi connectivity index (χ2v) is 6.37. The van der Waals surface area contributed by atoms with E-state index in [0.29, 0.717) is 5.02 Å². The fourth-order valence-corrected chi connectivity index (χ4v) is 1.99. The van der Waals surface area contributed by atoms with Gasteiger partial charge in [0.2, 0.25) is 0 Å². The Morgan fingerprint density at radius 1 is 1.15 bits per heavy atom. The molecule has 0 aromatic heterocycles. The van der Waals surface area contributed by atoms with Crippen LogP contribution in [-0.4, -0.2) is 15.5 Å². The van der Waals surface area contributed by atoms with E-state index in [4.69, 9.17) is 11.6 Å². The van der Waals surface area contributed by atoms with Crippen molar-refractivity contribution in [3.63, 3.8) is 0 Å². The molecule has 1 aromatic rings. The van der Waals surface area contributed by atoms with E-state index in [9.17, 15) is 13.0 Å². The fraction of sp³-hybridized carbons (Fsp3) is 0.455. The van der Waals surface area contributed by atoms with Crippen LogP contribution in [0.2, 0.25) is 5.02 Å². The molecule has 1 rings (SSSR count). The van der Waals surface area contributed by atoms with Crippen LogP contribution in [0.5, 0.6) is 0 Å². The van der Waals surface area contributed by atoms with Crippen molar-refractivity contribution in [3.05, 3.63) is 29.3 Å². The maximum Gasteiger partial charge on any atom is 0.729 e. The molecule has 0 bridgehead atoms. The van der Waals surface area contributed by atoms with Crippen LogP contribution in [0.25, 0.3) is 0 Å². The van der Waals surface area contributed by atoms with Crippen molar-refractivity contribution in [2.24, 2.45) is 0 Å². The zero-order chi connectivity index (χ0) is 15.6. The van der Waals surface area contributed by atoms with E-state index >= 15 is 0 Å². The molecule has 20 heavy (non-hydrogen) atoms. The molecule has 1 atom stereocenters. The average Bonchev–Trinajstić information content (AvgIpc) is 2.45. The van der Waals surface area contributed by atoms with Crippen LogP contribution in [0.15, 0.2) is 29.2 Å². The third-order valence-electron chi connectivity index (χ3n) is 1.93. The van der Waals surface area contributed by atoms with Crippen LogP contribution in [0.3, 0.4) is 0 Å². The van der Waals surface area contributed by atoms with Gasteiger partial charge in [-0.05, 0) is 24.3 Å². The lowest BCUT2D eigenvalue weighted by Crippen LogP contribution is -2.04. The summed E-state index contributed by atoms with van der Waals surface area (Å²) in [5.41, 5.74) is 0. The first kappa shape index (κ1) is 19.4.